The number of esters is 1. The first kappa shape index (κ1) is 15.3. The number of nitrogens with zero attached hydrogens (tertiary/aromatic N) is 1. The number of methoxy groups -OCH3 is 1. The smallest absolute Gasteiger partial charge is 0.324 e. The molecule has 1 unspecified atom stereocenters. The molecule has 2 saturated carbocycles. The fourth-order valence-electron chi connectivity index (χ4n) is 4.14. The summed E-state index contributed by atoms with van der Waals surface area (Å²) >= 11 is 0. The molecule has 3 rings (SSSR count). The molecule has 4 nitrogen and oxygen atoms in total. The maximum absolute atomic E-state index is 11.9. The van der Waals surface area contributed by atoms with Gasteiger partial charge in [-0.15, -0.1) is 0 Å². The second-order valence-electron chi connectivity index (χ2n) is 7.38. The van der Waals surface area contributed by atoms with Crippen molar-refractivity contribution in [3.63, 3.8) is 0 Å². The van der Waals surface area contributed by atoms with Crippen molar-refractivity contribution in [3.05, 3.63) is 0 Å². The van der Waals surface area contributed by atoms with E-state index in [-0.39, 0.29) is 12.0 Å². The Bertz CT molecular complexity index is 352. The third-order valence-electron chi connectivity index (χ3n) is 5.77. The van der Waals surface area contributed by atoms with E-state index in [1.165, 1.54) is 64.9 Å². The summed E-state index contributed by atoms with van der Waals surface area (Å²) in [6.45, 7) is 3.12. The second kappa shape index (κ2) is 6.66. The summed E-state index contributed by atoms with van der Waals surface area (Å²) in [6.07, 6.45) is 12.2. The Morgan fingerprint density at radius 2 is 1.86 bits per heavy atom. The summed E-state index contributed by atoms with van der Waals surface area (Å²) in [5, 5.41) is 3.44. The highest BCUT2D eigenvalue weighted by Crippen LogP contribution is 2.44. The minimum Gasteiger partial charge on any atom is -0.468 e. The van der Waals surface area contributed by atoms with E-state index in [1.54, 1.807) is 0 Å². The second-order valence-corrected chi connectivity index (χ2v) is 7.38. The number of carbonyl (C=O) groups is 1. The van der Waals surface area contributed by atoms with Crippen LogP contribution in [0.4, 0.5) is 0 Å². The van der Waals surface area contributed by atoms with Crippen LogP contribution in [0, 0.1) is 5.41 Å². The predicted molar refractivity (Wildman–Crippen MR) is 83.2 cm³/mol. The number of hydrogen-bond donors (Lipinski definition) is 1. The molecule has 0 aromatic carbocycles. The number of hydrogen-bond acceptors (Lipinski definition) is 4. The highest BCUT2D eigenvalue weighted by molar-refractivity contribution is 5.76. The van der Waals surface area contributed by atoms with Gasteiger partial charge in [0.2, 0.25) is 0 Å². The molecule has 1 aliphatic heterocycles. The summed E-state index contributed by atoms with van der Waals surface area (Å²) in [5.41, 5.74) is 0.638. The molecule has 120 valence electrons. The third-order valence-corrected chi connectivity index (χ3v) is 5.77. The molecule has 3 fully saturated rings. The summed E-state index contributed by atoms with van der Waals surface area (Å²) in [4.78, 5) is 14.4. The highest BCUT2D eigenvalue weighted by atomic mass is 16.5. The van der Waals surface area contributed by atoms with Gasteiger partial charge in [-0.05, 0) is 57.0 Å². The SMILES string of the molecule is COC(=O)C(CN1CCC2(CCCCC2)CC1)NC1CC1. The van der Waals surface area contributed by atoms with Crippen LogP contribution in [0.2, 0.25) is 0 Å². The molecule has 0 radical (unpaired) electrons. The number of carbonyl (C=O) groups excluding carboxylic acids is 1. The lowest BCUT2D eigenvalue weighted by Crippen LogP contribution is -2.50. The van der Waals surface area contributed by atoms with Crippen LogP contribution >= 0.6 is 0 Å². The monoisotopic (exact) mass is 294 g/mol. The van der Waals surface area contributed by atoms with Gasteiger partial charge in [0, 0.05) is 12.6 Å². The molecule has 0 amide bonds. The van der Waals surface area contributed by atoms with Gasteiger partial charge in [-0.3, -0.25) is 4.79 Å². The van der Waals surface area contributed by atoms with Gasteiger partial charge in [0.05, 0.1) is 7.11 Å². The van der Waals surface area contributed by atoms with Crippen LogP contribution in [-0.4, -0.2) is 49.7 Å². The molecule has 1 N–H and O–H groups in total. The lowest BCUT2D eigenvalue weighted by Gasteiger charge is -2.44. The number of rotatable bonds is 5. The van der Waals surface area contributed by atoms with Crippen LogP contribution in [-0.2, 0) is 9.53 Å². The average Bonchev–Trinajstić information content (AvgIpc) is 3.33. The highest BCUT2D eigenvalue weighted by Gasteiger charge is 2.37. The Morgan fingerprint density at radius 3 is 2.43 bits per heavy atom. The Hall–Kier alpha value is -0.610. The van der Waals surface area contributed by atoms with Crippen LogP contribution in [0.25, 0.3) is 0 Å². The van der Waals surface area contributed by atoms with Gasteiger partial charge in [0.25, 0.3) is 0 Å². The van der Waals surface area contributed by atoms with E-state index in [0.717, 1.165) is 19.6 Å². The van der Waals surface area contributed by atoms with Crippen LogP contribution < -0.4 is 5.32 Å². The van der Waals surface area contributed by atoms with E-state index in [0.29, 0.717) is 11.5 Å². The van der Waals surface area contributed by atoms with Crippen molar-refractivity contribution in [2.75, 3.05) is 26.7 Å². The molecule has 2 aliphatic carbocycles. The van der Waals surface area contributed by atoms with Gasteiger partial charge in [-0.1, -0.05) is 19.3 Å². The third kappa shape index (κ3) is 3.98. The average molecular weight is 294 g/mol. The fourth-order valence-corrected chi connectivity index (χ4v) is 4.14. The maximum Gasteiger partial charge on any atom is 0.324 e. The first-order valence-corrected chi connectivity index (χ1v) is 8.77. The normalized spacial score (nSPS) is 27.5. The van der Waals surface area contributed by atoms with Gasteiger partial charge in [-0.2, -0.15) is 0 Å². The lowest BCUT2D eigenvalue weighted by molar-refractivity contribution is -0.143. The first-order chi connectivity index (χ1) is 10.2. The standard InChI is InChI=1S/C17H30N2O2/c1-21-16(20)15(18-14-5-6-14)13-19-11-9-17(10-12-19)7-3-2-4-8-17/h14-15,18H,2-13H2,1H3. The Morgan fingerprint density at radius 1 is 1.19 bits per heavy atom. The van der Waals surface area contributed by atoms with Gasteiger partial charge < -0.3 is 15.0 Å². The van der Waals surface area contributed by atoms with Crippen LogP contribution in [0.5, 0.6) is 0 Å². The number of nitrogens with one attached hydrogen (secondary N) is 1. The molecule has 1 spiro atoms. The molecule has 1 heterocycles. The van der Waals surface area contributed by atoms with Crippen LogP contribution in [0.15, 0.2) is 0 Å². The van der Waals surface area contributed by atoms with Crippen molar-refractivity contribution in [1.29, 1.82) is 0 Å². The molecule has 1 saturated heterocycles. The maximum atomic E-state index is 11.9. The summed E-state index contributed by atoms with van der Waals surface area (Å²) in [5.74, 6) is -0.0974. The van der Waals surface area contributed by atoms with Gasteiger partial charge in [0.15, 0.2) is 0 Å². The van der Waals surface area contributed by atoms with Crippen LogP contribution in [0.3, 0.4) is 0 Å². The van der Waals surface area contributed by atoms with Crippen molar-refractivity contribution in [3.8, 4) is 0 Å². The first-order valence-electron chi connectivity index (χ1n) is 8.77. The largest absolute Gasteiger partial charge is 0.468 e. The molecule has 4 heteroatoms. The molecule has 0 aromatic rings. The van der Waals surface area contributed by atoms with E-state index in [1.807, 2.05) is 0 Å². The minimum absolute atomic E-state index is 0.0974. The summed E-state index contributed by atoms with van der Waals surface area (Å²) in [6, 6.07) is 0.409. The predicted octanol–water partition coefficient (Wildman–Crippen LogP) is 2.33. The zero-order valence-corrected chi connectivity index (χ0v) is 13.4. The van der Waals surface area contributed by atoms with E-state index < -0.39 is 0 Å². The van der Waals surface area contributed by atoms with Crippen molar-refractivity contribution in [2.24, 2.45) is 5.41 Å². The van der Waals surface area contributed by atoms with Gasteiger partial charge in [0.1, 0.15) is 6.04 Å². The van der Waals surface area contributed by atoms with E-state index >= 15 is 0 Å². The van der Waals surface area contributed by atoms with E-state index in [2.05, 4.69) is 10.2 Å². The quantitative estimate of drug-likeness (QED) is 0.790. The van der Waals surface area contributed by atoms with Crippen molar-refractivity contribution >= 4 is 5.97 Å². The number of ether oxygens (including phenoxy) is 1. The number of likely N-dealkylation sites (tertiary alicyclic amines) is 1. The van der Waals surface area contributed by atoms with Gasteiger partial charge >= 0.3 is 5.97 Å². The molecule has 21 heavy (non-hydrogen) atoms. The molecular formula is C17H30N2O2. The Balaban J connectivity index is 1.49. The van der Waals surface area contributed by atoms with Gasteiger partial charge in [-0.25, -0.2) is 0 Å². The minimum atomic E-state index is -0.136. The van der Waals surface area contributed by atoms with Crippen molar-refractivity contribution < 1.29 is 9.53 Å². The fraction of sp³-hybridized carbons (Fsp3) is 0.941. The van der Waals surface area contributed by atoms with E-state index in [9.17, 15) is 4.79 Å². The Labute approximate surface area is 128 Å². The zero-order valence-electron chi connectivity index (χ0n) is 13.4. The lowest BCUT2D eigenvalue weighted by atomic mass is 9.68. The molecule has 1 atom stereocenters. The molecule has 0 aromatic heterocycles. The van der Waals surface area contributed by atoms with Crippen molar-refractivity contribution in [1.82, 2.24) is 10.2 Å². The molecule has 0 bridgehead atoms. The zero-order chi connectivity index (χ0) is 14.7. The molecule has 3 aliphatic rings. The van der Waals surface area contributed by atoms with Crippen molar-refractivity contribution in [2.45, 2.75) is 69.9 Å². The van der Waals surface area contributed by atoms with Crippen LogP contribution in [0.1, 0.15) is 57.8 Å². The topological polar surface area (TPSA) is 41.6 Å². The number of piperidine rings is 1. The summed E-state index contributed by atoms with van der Waals surface area (Å²) in [7, 11) is 1.50. The Kier molecular flexibility index (Phi) is 4.85. The molecular weight excluding hydrogens is 264 g/mol. The summed E-state index contributed by atoms with van der Waals surface area (Å²) < 4.78 is 4.96. The van der Waals surface area contributed by atoms with E-state index in [4.69, 9.17) is 4.74 Å².